The molecule has 2 heterocycles. The van der Waals surface area contributed by atoms with Crippen LogP contribution in [0.15, 0.2) is 17.2 Å². The average molecular weight is 314 g/mol. The topological polar surface area (TPSA) is 68.4 Å². The maximum atomic E-state index is 12.7. The maximum Gasteiger partial charge on any atom is 0.244 e. The summed E-state index contributed by atoms with van der Waals surface area (Å²) in [4.78, 5) is 5.59. The van der Waals surface area contributed by atoms with E-state index in [1.165, 1.54) is 0 Å². The highest BCUT2D eigenvalue weighted by atomic mass is 32.2. The Morgan fingerprint density at radius 1 is 1.29 bits per heavy atom. The molecule has 1 aromatic heterocycles. The Morgan fingerprint density at radius 3 is 2.76 bits per heavy atom. The van der Waals surface area contributed by atoms with Gasteiger partial charge < -0.3 is 15.2 Å². The van der Waals surface area contributed by atoms with Gasteiger partial charge >= 0.3 is 0 Å². The maximum absolute atomic E-state index is 12.7. The molecule has 0 unspecified atom stereocenters. The van der Waals surface area contributed by atoms with E-state index >= 15 is 0 Å². The highest BCUT2D eigenvalue weighted by molar-refractivity contribution is 7.89. The van der Waals surface area contributed by atoms with Crippen molar-refractivity contribution < 1.29 is 8.42 Å². The normalized spacial score (nSPS) is 19.0. The largest absolute Gasteiger partial charge is 0.363 e. The standard InChI is InChI=1S/C14H26N4O2S/c1-12(2)15-10-13-9-14(11-16-13)21(19,20)18-6-4-5-17(3)7-8-18/h9,11-12,15-16H,4-8,10H2,1-3H3. The van der Waals surface area contributed by atoms with Crippen LogP contribution in [0.4, 0.5) is 0 Å². The first-order chi connectivity index (χ1) is 9.89. The van der Waals surface area contributed by atoms with E-state index in [9.17, 15) is 8.42 Å². The van der Waals surface area contributed by atoms with Crippen LogP contribution in [0.2, 0.25) is 0 Å². The second-order valence-electron chi connectivity index (χ2n) is 5.96. The number of sulfonamides is 1. The predicted octanol–water partition coefficient (Wildman–Crippen LogP) is 0.839. The van der Waals surface area contributed by atoms with Crippen molar-refractivity contribution in [3.05, 3.63) is 18.0 Å². The summed E-state index contributed by atoms with van der Waals surface area (Å²) in [6.45, 7) is 7.66. The van der Waals surface area contributed by atoms with Crippen LogP contribution in [0.3, 0.4) is 0 Å². The van der Waals surface area contributed by atoms with Crippen molar-refractivity contribution in [3.63, 3.8) is 0 Å². The number of hydrogen-bond donors (Lipinski definition) is 2. The van der Waals surface area contributed by atoms with Gasteiger partial charge in [-0.15, -0.1) is 0 Å². The van der Waals surface area contributed by atoms with Crippen molar-refractivity contribution in [2.45, 2.75) is 37.8 Å². The summed E-state index contributed by atoms with van der Waals surface area (Å²) < 4.78 is 26.9. The molecule has 0 aromatic carbocycles. The Balaban J connectivity index is 2.08. The molecule has 1 fully saturated rings. The molecule has 2 N–H and O–H groups in total. The van der Waals surface area contributed by atoms with Gasteiger partial charge in [0.1, 0.15) is 0 Å². The Kier molecular flexibility index (Phi) is 5.43. The zero-order valence-electron chi connectivity index (χ0n) is 13.1. The van der Waals surface area contributed by atoms with Gasteiger partial charge in [0.15, 0.2) is 0 Å². The number of aromatic nitrogens is 1. The SMILES string of the molecule is CC(C)NCc1cc(S(=O)(=O)N2CCCN(C)CC2)c[nH]1. The molecule has 0 amide bonds. The fraction of sp³-hybridized carbons (Fsp3) is 0.714. The summed E-state index contributed by atoms with van der Waals surface area (Å²) in [5.41, 5.74) is 0.897. The van der Waals surface area contributed by atoms with Crippen LogP contribution in [0.25, 0.3) is 0 Å². The lowest BCUT2D eigenvalue weighted by Gasteiger charge is -2.19. The first kappa shape index (κ1) is 16.5. The van der Waals surface area contributed by atoms with Crippen molar-refractivity contribution in [2.75, 3.05) is 33.2 Å². The minimum Gasteiger partial charge on any atom is -0.363 e. The van der Waals surface area contributed by atoms with Crippen LogP contribution in [-0.4, -0.2) is 61.9 Å². The van der Waals surface area contributed by atoms with Gasteiger partial charge in [-0.3, -0.25) is 0 Å². The van der Waals surface area contributed by atoms with E-state index in [1.54, 1.807) is 16.6 Å². The summed E-state index contributed by atoms with van der Waals surface area (Å²) in [7, 11) is -1.35. The first-order valence-electron chi connectivity index (χ1n) is 7.49. The van der Waals surface area contributed by atoms with Crippen molar-refractivity contribution in [2.24, 2.45) is 0 Å². The van der Waals surface area contributed by atoms with Crippen LogP contribution in [-0.2, 0) is 16.6 Å². The Hall–Kier alpha value is -0.890. The van der Waals surface area contributed by atoms with Crippen LogP contribution in [0, 0.1) is 0 Å². The van der Waals surface area contributed by atoms with Crippen LogP contribution in [0.1, 0.15) is 26.0 Å². The summed E-state index contributed by atoms with van der Waals surface area (Å²) in [5, 5.41) is 3.28. The molecule has 6 nitrogen and oxygen atoms in total. The van der Waals surface area contributed by atoms with Gasteiger partial charge in [0.25, 0.3) is 0 Å². The molecule has 120 valence electrons. The van der Waals surface area contributed by atoms with Gasteiger partial charge in [-0.25, -0.2) is 8.42 Å². The summed E-state index contributed by atoms with van der Waals surface area (Å²) in [6.07, 6.45) is 2.48. The minimum atomic E-state index is -3.38. The number of likely N-dealkylation sites (N-methyl/N-ethyl adjacent to an activating group) is 1. The van der Waals surface area contributed by atoms with Gasteiger partial charge in [0.2, 0.25) is 10.0 Å². The van der Waals surface area contributed by atoms with E-state index in [-0.39, 0.29) is 0 Å². The lowest BCUT2D eigenvalue weighted by molar-refractivity contribution is 0.347. The fourth-order valence-electron chi connectivity index (χ4n) is 2.40. The number of hydrogen-bond acceptors (Lipinski definition) is 4. The van der Waals surface area contributed by atoms with Gasteiger partial charge in [-0.05, 0) is 26.1 Å². The van der Waals surface area contributed by atoms with E-state index in [0.717, 1.165) is 25.2 Å². The molecule has 0 aliphatic carbocycles. The van der Waals surface area contributed by atoms with Crippen molar-refractivity contribution >= 4 is 10.0 Å². The molecule has 2 rings (SSSR count). The molecule has 7 heteroatoms. The summed E-state index contributed by atoms with van der Waals surface area (Å²) in [5.74, 6) is 0. The second kappa shape index (κ2) is 6.91. The zero-order valence-corrected chi connectivity index (χ0v) is 13.9. The molecule has 1 aromatic rings. The van der Waals surface area contributed by atoms with Gasteiger partial charge in [-0.2, -0.15) is 4.31 Å². The fourth-order valence-corrected chi connectivity index (χ4v) is 3.88. The first-order valence-corrected chi connectivity index (χ1v) is 8.93. The van der Waals surface area contributed by atoms with E-state index in [4.69, 9.17) is 0 Å². The Bertz CT molecular complexity index is 553. The minimum absolute atomic E-state index is 0.368. The summed E-state index contributed by atoms with van der Waals surface area (Å²) in [6, 6.07) is 2.11. The van der Waals surface area contributed by atoms with E-state index in [2.05, 4.69) is 29.0 Å². The second-order valence-corrected chi connectivity index (χ2v) is 7.90. The monoisotopic (exact) mass is 314 g/mol. The highest BCUT2D eigenvalue weighted by Crippen LogP contribution is 2.18. The molecule has 0 bridgehead atoms. The van der Waals surface area contributed by atoms with Crippen molar-refractivity contribution in [1.29, 1.82) is 0 Å². The molecule has 0 radical (unpaired) electrons. The number of aromatic amines is 1. The number of rotatable bonds is 5. The average Bonchev–Trinajstić information content (AvgIpc) is 2.79. The molecular formula is C14H26N4O2S. The molecule has 21 heavy (non-hydrogen) atoms. The zero-order chi connectivity index (χ0) is 15.5. The molecule has 1 aliphatic rings. The molecule has 0 atom stereocenters. The van der Waals surface area contributed by atoms with Gasteiger partial charge in [0, 0.05) is 44.1 Å². The smallest absolute Gasteiger partial charge is 0.244 e. The van der Waals surface area contributed by atoms with Gasteiger partial charge in [-0.1, -0.05) is 13.8 Å². The van der Waals surface area contributed by atoms with E-state index < -0.39 is 10.0 Å². The van der Waals surface area contributed by atoms with Crippen LogP contribution < -0.4 is 5.32 Å². The third-order valence-electron chi connectivity index (χ3n) is 3.73. The predicted molar refractivity (Wildman–Crippen MR) is 83.6 cm³/mol. The Labute approximate surface area is 127 Å². The van der Waals surface area contributed by atoms with Gasteiger partial charge in [0.05, 0.1) is 4.90 Å². The molecular weight excluding hydrogens is 288 g/mol. The van der Waals surface area contributed by atoms with Crippen LogP contribution in [0.5, 0.6) is 0 Å². The highest BCUT2D eigenvalue weighted by Gasteiger charge is 2.27. The summed E-state index contributed by atoms with van der Waals surface area (Å²) >= 11 is 0. The van der Waals surface area contributed by atoms with E-state index in [0.29, 0.717) is 30.6 Å². The molecule has 0 spiro atoms. The van der Waals surface area contributed by atoms with E-state index in [1.807, 2.05) is 7.05 Å². The number of nitrogens with zero attached hydrogens (tertiary/aromatic N) is 2. The molecule has 1 saturated heterocycles. The van der Waals surface area contributed by atoms with Crippen molar-refractivity contribution in [3.8, 4) is 0 Å². The Morgan fingerprint density at radius 2 is 2.05 bits per heavy atom. The third kappa shape index (κ3) is 4.29. The lowest BCUT2D eigenvalue weighted by Crippen LogP contribution is -2.34. The lowest BCUT2D eigenvalue weighted by atomic mass is 10.3. The molecule has 0 saturated carbocycles. The number of H-pyrrole nitrogens is 1. The van der Waals surface area contributed by atoms with Crippen molar-refractivity contribution in [1.82, 2.24) is 19.5 Å². The third-order valence-corrected chi connectivity index (χ3v) is 5.61. The quantitative estimate of drug-likeness (QED) is 0.845. The molecule has 1 aliphatic heterocycles. The van der Waals surface area contributed by atoms with Crippen LogP contribution >= 0.6 is 0 Å². The number of nitrogens with one attached hydrogen (secondary N) is 2.